The van der Waals surface area contributed by atoms with Crippen molar-refractivity contribution in [2.45, 2.75) is 42.6 Å². The van der Waals surface area contributed by atoms with Crippen molar-refractivity contribution >= 4 is 17.7 Å². The van der Waals surface area contributed by atoms with Gasteiger partial charge in [-0.05, 0) is 18.4 Å². The van der Waals surface area contributed by atoms with Gasteiger partial charge in [0.05, 0.1) is 6.42 Å². The Morgan fingerprint density at radius 2 is 1.88 bits per heavy atom. The largest absolute Gasteiger partial charge is 0.481 e. The van der Waals surface area contributed by atoms with E-state index >= 15 is 0 Å². The average Bonchev–Trinajstić information content (AvgIpc) is 2.76. The van der Waals surface area contributed by atoms with Crippen LogP contribution in [-0.2, 0) is 10.5 Å². The van der Waals surface area contributed by atoms with Gasteiger partial charge in [-0.1, -0.05) is 43.2 Å². The Bertz CT molecular complexity index is 369. The first-order valence-corrected chi connectivity index (χ1v) is 7.08. The zero-order valence-corrected chi connectivity index (χ0v) is 10.7. The van der Waals surface area contributed by atoms with Gasteiger partial charge in [0.15, 0.2) is 0 Å². The SMILES string of the molecule is O=C(O)CC1(SCc2ccccc2)CCCC1. The molecule has 0 aliphatic heterocycles. The van der Waals surface area contributed by atoms with Gasteiger partial charge in [0, 0.05) is 10.5 Å². The highest BCUT2D eigenvalue weighted by atomic mass is 32.2. The zero-order chi connectivity index (χ0) is 12.1. The molecule has 0 radical (unpaired) electrons. The number of carboxylic acids is 1. The van der Waals surface area contributed by atoms with E-state index in [0.29, 0.717) is 6.42 Å². The lowest BCUT2D eigenvalue weighted by Crippen LogP contribution is -2.24. The number of rotatable bonds is 5. The molecule has 92 valence electrons. The zero-order valence-electron chi connectivity index (χ0n) is 9.89. The molecule has 1 fully saturated rings. The summed E-state index contributed by atoms with van der Waals surface area (Å²) in [5, 5.41) is 9.02. The highest BCUT2D eigenvalue weighted by Gasteiger charge is 2.36. The third-order valence-electron chi connectivity index (χ3n) is 3.38. The molecule has 2 nitrogen and oxygen atoms in total. The molecule has 0 amide bonds. The average molecular weight is 250 g/mol. The topological polar surface area (TPSA) is 37.3 Å². The highest BCUT2D eigenvalue weighted by Crippen LogP contribution is 2.45. The van der Waals surface area contributed by atoms with Crippen LogP contribution < -0.4 is 0 Å². The lowest BCUT2D eigenvalue weighted by Gasteiger charge is -2.26. The van der Waals surface area contributed by atoms with Crippen LogP contribution in [0, 0.1) is 0 Å². The van der Waals surface area contributed by atoms with E-state index in [1.807, 2.05) is 30.0 Å². The van der Waals surface area contributed by atoms with E-state index in [2.05, 4.69) is 12.1 Å². The van der Waals surface area contributed by atoms with Gasteiger partial charge in [0.2, 0.25) is 0 Å². The Kier molecular flexibility index (Phi) is 4.11. The van der Waals surface area contributed by atoms with E-state index < -0.39 is 5.97 Å². The number of aliphatic carboxylic acids is 1. The maximum absolute atomic E-state index is 11.0. The number of carbonyl (C=O) groups is 1. The van der Waals surface area contributed by atoms with Crippen molar-refractivity contribution in [1.82, 2.24) is 0 Å². The van der Waals surface area contributed by atoms with E-state index in [-0.39, 0.29) is 4.75 Å². The van der Waals surface area contributed by atoms with E-state index in [0.717, 1.165) is 18.6 Å². The Labute approximate surface area is 106 Å². The fraction of sp³-hybridized carbons (Fsp3) is 0.500. The molecule has 17 heavy (non-hydrogen) atoms. The molecule has 1 aromatic carbocycles. The Morgan fingerprint density at radius 3 is 2.47 bits per heavy atom. The van der Waals surface area contributed by atoms with Crippen molar-refractivity contribution in [1.29, 1.82) is 0 Å². The van der Waals surface area contributed by atoms with Gasteiger partial charge in [-0.25, -0.2) is 0 Å². The van der Waals surface area contributed by atoms with Crippen LogP contribution in [0.2, 0.25) is 0 Å². The second-order valence-electron chi connectivity index (χ2n) is 4.73. The van der Waals surface area contributed by atoms with Crippen LogP contribution >= 0.6 is 11.8 Å². The Morgan fingerprint density at radius 1 is 1.24 bits per heavy atom. The molecular weight excluding hydrogens is 232 g/mol. The van der Waals surface area contributed by atoms with Crippen molar-refractivity contribution in [2.75, 3.05) is 0 Å². The Balaban J connectivity index is 1.96. The number of thioether (sulfide) groups is 1. The summed E-state index contributed by atoms with van der Waals surface area (Å²) in [4.78, 5) is 11.0. The van der Waals surface area contributed by atoms with E-state index in [4.69, 9.17) is 5.11 Å². The molecule has 0 unspecified atom stereocenters. The van der Waals surface area contributed by atoms with Gasteiger partial charge >= 0.3 is 5.97 Å². The molecule has 0 atom stereocenters. The summed E-state index contributed by atoms with van der Waals surface area (Å²) in [5.41, 5.74) is 1.29. The molecule has 0 bridgehead atoms. The molecule has 2 rings (SSSR count). The van der Waals surface area contributed by atoms with Crippen molar-refractivity contribution < 1.29 is 9.90 Å². The van der Waals surface area contributed by atoms with E-state index in [9.17, 15) is 4.79 Å². The quantitative estimate of drug-likeness (QED) is 0.865. The molecule has 0 heterocycles. The van der Waals surface area contributed by atoms with Gasteiger partial charge in [-0.3, -0.25) is 4.79 Å². The second-order valence-corrected chi connectivity index (χ2v) is 6.18. The van der Waals surface area contributed by atoms with Gasteiger partial charge in [-0.2, -0.15) is 0 Å². The van der Waals surface area contributed by atoms with Gasteiger partial charge < -0.3 is 5.11 Å². The van der Waals surface area contributed by atoms with Crippen molar-refractivity contribution in [3.8, 4) is 0 Å². The van der Waals surface area contributed by atoms with Crippen LogP contribution in [-0.4, -0.2) is 15.8 Å². The van der Waals surface area contributed by atoms with Crippen LogP contribution in [0.3, 0.4) is 0 Å². The normalized spacial score (nSPS) is 18.1. The molecule has 1 aliphatic rings. The lowest BCUT2D eigenvalue weighted by atomic mass is 10.0. The third-order valence-corrected chi connectivity index (χ3v) is 5.02. The fourth-order valence-corrected chi connectivity index (χ4v) is 3.95. The molecule has 1 aliphatic carbocycles. The summed E-state index contributed by atoms with van der Waals surface area (Å²) in [7, 11) is 0. The van der Waals surface area contributed by atoms with Crippen molar-refractivity contribution in [3.05, 3.63) is 35.9 Å². The molecule has 0 spiro atoms. The van der Waals surface area contributed by atoms with Gasteiger partial charge in [-0.15, -0.1) is 11.8 Å². The van der Waals surface area contributed by atoms with Crippen LogP contribution in [0.4, 0.5) is 0 Å². The highest BCUT2D eigenvalue weighted by molar-refractivity contribution is 7.99. The minimum atomic E-state index is -0.660. The summed E-state index contributed by atoms with van der Waals surface area (Å²) in [6, 6.07) is 10.3. The maximum atomic E-state index is 11.0. The number of hydrogen-bond acceptors (Lipinski definition) is 2. The van der Waals surface area contributed by atoms with Crippen molar-refractivity contribution in [2.24, 2.45) is 0 Å². The lowest BCUT2D eigenvalue weighted by molar-refractivity contribution is -0.137. The maximum Gasteiger partial charge on any atom is 0.304 e. The van der Waals surface area contributed by atoms with Gasteiger partial charge in [0.1, 0.15) is 0 Å². The molecular formula is C14H18O2S. The number of carboxylic acid groups (broad SMARTS) is 1. The van der Waals surface area contributed by atoms with Crippen LogP contribution in [0.25, 0.3) is 0 Å². The first kappa shape index (κ1) is 12.5. The molecule has 0 aromatic heterocycles. The van der Waals surface area contributed by atoms with Crippen LogP contribution in [0.15, 0.2) is 30.3 Å². The summed E-state index contributed by atoms with van der Waals surface area (Å²) in [6.45, 7) is 0. The Hall–Kier alpha value is -0.960. The minimum absolute atomic E-state index is 0.0122. The summed E-state index contributed by atoms with van der Waals surface area (Å²) in [5.74, 6) is 0.265. The second kappa shape index (κ2) is 5.58. The molecule has 1 aromatic rings. The smallest absolute Gasteiger partial charge is 0.304 e. The number of hydrogen-bond donors (Lipinski definition) is 1. The van der Waals surface area contributed by atoms with Gasteiger partial charge in [0.25, 0.3) is 0 Å². The molecule has 3 heteroatoms. The van der Waals surface area contributed by atoms with Crippen LogP contribution in [0.1, 0.15) is 37.7 Å². The minimum Gasteiger partial charge on any atom is -0.481 e. The standard InChI is InChI=1S/C14H18O2S/c15-13(16)10-14(8-4-5-9-14)17-11-12-6-2-1-3-7-12/h1-3,6-7H,4-5,8-11H2,(H,15,16). The van der Waals surface area contributed by atoms with Crippen LogP contribution in [0.5, 0.6) is 0 Å². The molecule has 0 saturated heterocycles. The monoisotopic (exact) mass is 250 g/mol. The predicted molar refractivity (Wildman–Crippen MR) is 71.2 cm³/mol. The third kappa shape index (κ3) is 3.50. The summed E-state index contributed by atoms with van der Waals surface area (Å²) >= 11 is 1.83. The first-order valence-electron chi connectivity index (χ1n) is 6.10. The summed E-state index contributed by atoms with van der Waals surface area (Å²) in [6.07, 6.45) is 4.77. The molecule has 1 N–H and O–H groups in total. The number of benzene rings is 1. The van der Waals surface area contributed by atoms with E-state index in [1.54, 1.807) is 0 Å². The summed E-state index contributed by atoms with van der Waals surface area (Å²) < 4.78 is -0.0122. The fourth-order valence-electron chi connectivity index (χ4n) is 2.48. The van der Waals surface area contributed by atoms with Crippen molar-refractivity contribution in [3.63, 3.8) is 0 Å². The molecule has 1 saturated carbocycles. The first-order chi connectivity index (χ1) is 8.20. The predicted octanol–water partition coefficient (Wildman–Crippen LogP) is 3.71. The van der Waals surface area contributed by atoms with E-state index in [1.165, 1.54) is 18.4 Å².